The van der Waals surface area contributed by atoms with Crippen LogP contribution in [0.4, 0.5) is 5.69 Å². The van der Waals surface area contributed by atoms with Crippen LogP contribution in [0, 0.1) is 17.8 Å². The number of rotatable bonds is 2. The molecule has 0 unspecified atom stereocenters. The van der Waals surface area contributed by atoms with Crippen LogP contribution < -0.4 is 5.32 Å². The topological polar surface area (TPSA) is 29.1 Å². The summed E-state index contributed by atoms with van der Waals surface area (Å²) < 4.78 is 0. The van der Waals surface area contributed by atoms with E-state index in [2.05, 4.69) is 35.7 Å². The number of hydrogen-bond acceptors (Lipinski definition) is 1. The first kappa shape index (κ1) is 11.7. The molecule has 2 nitrogen and oxygen atoms in total. The molecule has 1 amide bonds. The van der Waals surface area contributed by atoms with Gasteiger partial charge in [0.2, 0.25) is 5.91 Å². The number of benzene rings is 2. The summed E-state index contributed by atoms with van der Waals surface area (Å²) in [6.45, 7) is 0. The van der Waals surface area contributed by atoms with Crippen molar-refractivity contribution in [1.82, 2.24) is 0 Å². The molecule has 2 aromatic carbocycles. The number of carbonyl (C=O) groups excluding carboxylic acids is 1. The highest BCUT2D eigenvalue weighted by molar-refractivity contribution is 6.03. The zero-order valence-electron chi connectivity index (χ0n) is 11.3. The SMILES string of the molecule is O=C(Nc1cccc2ccccc12)[C@@H]1C[C@@H]2C=C[C@H]1C2. The van der Waals surface area contributed by atoms with E-state index >= 15 is 0 Å². The Hall–Kier alpha value is -2.09. The lowest BCUT2D eigenvalue weighted by atomic mass is 9.92. The molecule has 100 valence electrons. The molecule has 2 bridgehead atoms. The number of hydrogen-bond donors (Lipinski definition) is 1. The van der Waals surface area contributed by atoms with Crippen molar-refractivity contribution in [2.24, 2.45) is 17.8 Å². The Labute approximate surface area is 118 Å². The van der Waals surface area contributed by atoms with Gasteiger partial charge in [0.05, 0.1) is 0 Å². The number of carbonyl (C=O) groups is 1. The van der Waals surface area contributed by atoms with E-state index in [0.29, 0.717) is 11.8 Å². The van der Waals surface area contributed by atoms with Crippen molar-refractivity contribution < 1.29 is 4.79 Å². The zero-order chi connectivity index (χ0) is 13.5. The molecule has 2 aliphatic carbocycles. The molecule has 0 heterocycles. The van der Waals surface area contributed by atoms with Crippen molar-refractivity contribution in [2.45, 2.75) is 12.8 Å². The maximum absolute atomic E-state index is 12.5. The van der Waals surface area contributed by atoms with E-state index < -0.39 is 0 Å². The molecule has 1 N–H and O–H groups in total. The number of nitrogens with one attached hydrogen (secondary N) is 1. The highest BCUT2D eigenvalue weighted by atomic mass is 16.1. The third-order valence-corrected chi connectivity index (χ3v) is 4.66. The van der Waals surface area contributed by atoms with Gasteiger partial charge < -0.3 is 5.32 Å². The molecule has 0 spiro atoms. The van der Waals surface area contributed by atoms with Crippen LogP contribution in [0.15, 0.2) is 54.6 Å². The van der Waals surface area contributed by atoms with Crippen LogP contribution in [0.5, 0.6) is 0 Å². The smallest absolute Gasteiger partial charge is 0.228 e. The van der Waals surface area contributed by atoms with Crippen molar-refractivity contribution >= 4 is 22.4 Å². The molecule has 2 aliphatic rings. The van der Waals surface area contributed by atoms with E-state index in [4.69, 9.17) is 0 Å². The summed E-state index contributed by atoms with van der Waals surface area (Å²) >= 11 is 0. The molecule has 3 atom stereocenters. The number of anilines is 1. The van der Waals surface area contributed by atoms with Crippen molar-refractivity contribution in [3.63, 3.8) is 0 Å². The first-order valence-corrected chi connectivity index (χ1v) is 7.28. The van der Waals surface area contributed by atoms with Gasteiger partial charge >= 0.3 is 0 Å². The molecule has 1 saturated carbocycles. The van der Waals surface area contributed by atoms with Gasteiger partial charge in [0.25, 0.3) is 0 Å². The average molecular weight is 263 g/mol. The van der Waals surface area contributed by atoms with Crippen molar-refractivity contribution in [3.05, 3.63) is 54.6 Å². The normalized spacial score (nSPS) is 27.1. The lowest BCUT2D eigenvalue weighted by Gasteiger charge is -2.18. The minimum Gasteiger partial charge on any atom is -0.325 e. The molecule has 2 aromatic rings. The Morgan fingerprint density at radius 2 is 1.85 bits per heavy atom. The maximum atomic E-state index is 12.5. The summed E-state index contributed by atoms with van der Waals surface area (Å²) in [6, 6.07) is 14.2. The molecule has 0 radical (unpaired) electrons. The molecule has 0 saturated heterocycles. The summed E-state index contributed by atoms with van der Waals surface area (Å²) in [5.74, 6) is 1.42. The largest absolute Gasteiger partial charge is 0.325 e. The van der Waals surface area contributed by atoms with Crippen molar-refractivity contribution in [2.75, 3.05) is 5.32 Å². The first-order valence-electron chi connectivity index (χ1n) is 7.28. The Balaban J connectivity index is 1.62. The second-order valence-corrected chi connectivity index (χ2v) is 5.90. The molecular formula is C18H17NO. The highest BCUT2D eigenvalue weighted by Crippen LogP contribution is 2.43. The summed E-state index contributed by atoms with van der Waals surface area (Å²) in [4.78, 5) is 12.5. The van der Waals surface area contributed by atoms with Gasteiger partial charge in [-0.05, 0) is 36.1 Å². The molecule has 0 aliphatic heterocycles. The van der Waals surface area contributed by atoms with Crippen LogP contribution in [0.3, 0.4) is 0 Å². The molecule has 1 fully saturated rings. The fraction of sp³-hybridized carbons (Fsp3) is 0.278. The zero-order valence-corrected chi connectivity index (χ0v) is 11.3. The monoisotopic (exact) mass is 263 g/mol. The molecule has 0 aromatic heterocycles. The van der Waals surface area contributed by atoms with E-state index in [0.717, 1.165) is 29.3 Å². The minimum atomic E-state index is 0.156. The third-order valence-electron chi connectivity index (χ3n) is 4.66. The first-order chi connectivity index (χ1) is 9.81. The summed E-state index contributed by atoms with van der Waals surface area (Å²) in [7, 11) is 0. The molecular weight excluding hydrogens is 246 g/mol. The van der Waals surface area contributed by atoms with Gasteiger partial charge in [-0.25, -0.2) is 0 Å². The molecule has 4 rings (SSSR count). The van der Waals surface area contributed by atoms with Crippen LogP contribution in [-0.4, -0.2) is 5.91 Å². The Kier molecular flexibility index (Phi) is 2.62. The fourth-order valence-electron chi connectivity index (χ4n) is 3.64. The second kappa shape index (κ2) is 4.48. The van der Waals surface area contributed by atoms with E-state index in [1.165, 1.54) is 0 Å². The predicted molar refractivity (Wildman–Crippen MR) is 81.4 cm³/mol. The number of amides is 1. The lowest BCUT2D eigenvalue weighted by molar-refractivity contribution is -0.120. The summed E-state index contributed by atoms with van der Waals surface area (Å²) in [5, 5.41) is 5.42. The van der Waals surface area contributed by atoms with Gasteiger partial charge in [0.15, 0.2) is 0 Å². The Bertz CT molecular complexity index is 698. The van der Waals surface area contributed by atoms with Crippen LogP contribution in [0.1, 0.15) is 12.8 Å². The lowest BCUT2D eigenvalue weighted by Crippen LogP contribution is -2.25. The summed E-state index contributed by atoms with van der Waals surface area (Å²) in [5.41, 5.74) is 0.930. The fourth-order valence-corrected chi connectivity index (χ4v) is 3.64. The minimum absolute atomic E-state index is 0.156. The summed E-state index contributed by atoms with van der Waals surface area (Å²) in [6.07, 6.45) is 6.67. The Morgan fingerprint density at radius 1 is 1.00 bits per heavy atom. The quantitative estimate of drug-likeness (QED) is 0.815. The van der Waals surface area contributed by atoms with E-state index in [1.54, 1.807) is 0 Å². The average Bonchev–Trinajstić information content (AvgIpc) is 3.10. The maximum Gasteiger partial charge on any atom is 0.228 e. The van der Waals surface area contributed by atoms with Crippen LogP contribution >= 0.6 is 0 Å². The molecule has 20 heavy (non-hydrogen) atoms. The van der Waals surface area contributed by atoms with Crippen LogP contribution in [-0.2, 0) is 4.79 Å². The van der Waals surface area contributed by atoms with Gasteiger partial charge in [0.1, 0.15) is 0 Å². The van der Waals surface area contributed by atoms with Gasteiger partial charge in [-0.3, -0.25) is 4.79 Å². The van der Waals surface area contributed by atoms with E-state index in [-0.39, 0.29) is 11.8 Å². The van der Waals surface area contributed by atoms with Crippen molar-refractivity contribution in [3.8, 4) is 0 Å². The number of fused-ring (bicyclic) bond motifs is 3. The number of allylic oxidation sites excluding steroid dienone is 2. The van der Waals surface area contributed by atoms with Gasteiger partial charge in [-0.15, -0.1) is 0 Å². The van der Waals surface area contributed by atoms with Crippen LogP contribution in [0.2, 0.25) is 0 Å². The van der Waals surface area contributed by atoms with Gasteiger partial charge in [-0.2, -0.15) is 0 Å². The molecule has 2 heteroatoms. The van der Waals surface area contributed by atoms with Gasteiger partial charge in [-0.1, -0.05) is 48.6 Å². The standard InChI is InChI=1S/C18H17NO/c20-18(16-11-12-8-9-14(16)10-12)19-17-7-3-5-13-4-1-2-6-15(13)17/h1-9,12,14,16H,10-11H2,(H,19,20)/t12-,14+,16-/m1/s1. The van der Waals surface area contributed by atoms with Crippen molar-refractivity contribution in [1.29, 1.82) is 0 Å². The van der Waals surface area contributed by atoms with Gasteiger partial charge in [0, 0.05) is 17.0 Å². The Morgan fingerprint density at radius 3 is 2.65 bits per heavy atom. The van der Waals surface area contributed by atoms with Crippen LogP contribution in [0.25, 0.3) is 10.8 Å². The highest BCUT2D eigenvalue weighted by Gasteiger charge is 2.39. The van der Waals surface area contributed by atoms with E-state index in [9.17, 15) is 4.79 Å². The predicted octanol–water partition coefficient (Wildman–Crippen LogP) is 3.99. The van der Waals surface area contributed by atoms with E-state index in [1.807, 2.05) is 24.3 Å². The second-order valence-electron chi connectivity index (χ2n) is 5.90. The third kappa shape index (κ3) is 1.83.